The van der Waals surface area contributed by atoms with Crippen LogP contribution in [0.2, 0.25) is 0 Å². The van der Waals surface area contributed by atoms with Crippen molar-refractivity contribution >= 4 is 33.5 Å². The van der Waals surface area contributed by atoms with E-state index in [1.54, 1.807) is 25.1 Å². The third-order valence-electron chi connectivity index (χ3n) is 3.75. The lowest BCUT2D eigenvalue weighted by molar-refractivity contribution is -0.141. The zero-order chi connectivity index (χ0) is 21.3. The number of anilines is 1. The highest BCUT2D eigenvalue weighted by Gasteiger charge is 2.13. The van der Waals surface area contributed by atoms with Crippen LogP contribution in [0.25, 0.3) is 6.08 Å². The van der Waals surface area contributed by atoms with Crippen LogP contribution in [-0.4, -0.2) is 52.9 Å². The molecule has 1 aromatic carbocycles. The number of benzene rings is 1. The summed E-state index contributed by atoms with van der Waals surface area (Å²) < 4.78 is 33.2. The number of aryl methyl sites for hydroxylation is 1. The molecule has 0 saturated carbocycles. The Hall–Kier alpha value is -2.86. The predicted molar refractivity (Wildman–Crippen MR) is 105 cm³/mol. The number of hydrogen-bond donors (Lipinski definition) is 0. The fourth-order valence-electron chi connectivity index (χ4n) is 2.35. The van der Waals surface area contributed by atoms with Crippen LogP contribution in [0.15, 0.2) is 23.1 Å². The van der Waals surface area contributed by atoms with Crippen molar-refractivity contribution in [2.75, 3.05) is 37.5 Å². The second-order valence-corrected chi connectivity index (χ2v) is 8.08. The SMILES string of the molecule is CC(=O)OCCN(CCOC(C)=O)c1ccc(C=C(C#N)S(C)(=O)=O)c(C)c1. The van der Waals surface area contributed by atoms with E-state index in [0.717, 1.165) is 17.5 Å². The molecule has 28 heavy (non-hydrogen) atoms. The van der Waals surface area contributed by atoms with Gasteiger partial charge in [0.15, 0.2) is 9.84 Å². The van der Waals surface area contributed by atoms with Crippen molar-refractivity contribution in [3.05, 3.63) is 34.2 Å². The van der Waals surface area contributed by atoms with E-state index in [9.17, 15) is 18.0 Å². The van der Waals surface area contributed by atoms with Crippen LogP contribution in [0.1, 0.15) is 25.0 Å². The summed E-state index contributed by atoms with van der Waals surface area (Å²) in [6.07, 6.45) is 2.31. The van der Waals surface area contributed by atoms with Crippen molar-refractivity contribution in [1.29, 1.82) is 5.26 Å². The van der Waals surface area contributed by atoms with Crippen LogP contribution < -0.4 is 4.90 Å². The second kappa shape index (κ2) is 10.5. The summed E-state index contributed by atoms with van der Waals surface area (Å²) in [5, 5.41) is 9.05. The van der Waals surface area contributed by atoms with E-state index in [1.165, 1.54) is 19.9 Å². The van der Waals surface area contributed by atoms with Gasteiger partial charge in [-0.25, -0.2) is 8.42 Å². The van der Waals surface area contributed by atoms with E-state index in [-0.39, 0.29) is 30.1 Å². The molecule has 0 heterocycles. The molecule has 0 aliphatic rings. The van der Waals surface area contributed by atoms with Gasteiger partial charge in [0.1, 0.15) is 24.2 Å². The van der Waals surface area contributed by atoms with E-state index >= 15 is 0 Å². The first-order valence-electron chi connectivity index (χ1n) is 8.48. The maximum Gasteiger partial charge on any atom is 0.302 e. The minimum Gasteiger partial charge on any atom is -0.464 e. The summed E-state index contributed by atoms with van der Waals surface area (Å²) in [6, 6.07) is 6.99. The van der Waals surface area contributed by atoms with Crippen molar-refractivity contribution < 1.29 is 27.5 Å². The van der Waals surface area contributed by atoms with Gasteiger partial charge in [0.05, 0.1) is 13.1 Å². The Balaban J connectivity index is 3.08. The quantitative estimate of drug-likeness (QED) is 0.449. The molecule has 8 nitrogen and oxygen atoms in total. The summed E-state index contributed by atoms with van der Waals surface area (Å²) in [5.74, 6) is -0.775. The first-order valence-corrected chi connectivity index (χ1v) is 10.4. The van der Waals surface area contributed by atoms with Gasteiger partial charge in [-0.3, -0.25) is 9.59 Å². The largest absolute Gasteiger partial charge is 0.464 e. The molecule has 0 amide bonds. The number of sulfone groups is 1. The molecule has 9 heteroatoms. The number of allylic oxidation sites excluding steroid dienone is 1. The van der Waals surface area contributed by atoms with Crippen LogP contribution >= 0.6 is 0 Å². The summed E-state index contributed by atoms with van der Waals surface area (Å²) in [5.41, 5.74) is 2.15. The van der Waals surface area contributed by atoms with E-state index < -0.39 is 9.84 Å². The Bertz CT molecular complexity index is 879. The molecule has 0 aromatic heterocycles. The highest BCUT2D eigenvalue weighted by Crippen LogP contribution is 2.22. The molecule has 0 fully saturated rings. The van der Waals surface area contributed by atoms with Gasteiger partial charge in [-0.05, 0) is 36.3 Å². The number of carbonyl (C=O) groups excluding carboxylic acids is 2. The van der Waals surface area contributed by atoms with Gasteiger partial charge in [-0.15, -0.1) is 0 Å². The Morgan fingerprint density at radius 3 is 2.07 bits per heavy atom. The number of nitriles is 1. The van der Waals surface area contributed by atoms with E-state index in [1.807, 2.05) is 11.0 Å². The fraction of sp³-hybridized carbons (Fsp3) is 0.421. The van der Waals surface area contributed by atoms with Crippen LogP contribution in [0.5, 0.6) is 0 Å². The van der Waals surface area contributed by atoms with E-state index in [0.29, 0.717) is 18.7 Å². The highest BCUT2D eigenvalue weighted by molar-refractivity contribution is 7.95. The maximum atomic E-state index is 11.6. The second-order valence-electron chi connectivity index (χ2n) is 6.10. The maximum absolute atomic E-state index is 11.6. The topological polar surface area (TPSA) is 114 Å². The van der Waals surface area contributed by atoms with Crippen LogP contribution in [0.4, 0.5) is 5.69 Å². The van der Waals surface area contributed by atoms with Gasteiger partial charge >= 0.3 is 11.9 Å². The molecule has 0 saturated heterocycles. The minimum atomic E-state index is -3.60. The van der Waals surface area contributed by atoms with Crippen molar-refractivity contribution in [3.8, 4) is 6.07 Å². The molecule has 1 aromatic rings. The molecule has 0 spiro atoms. The molecule has 152 valence electrons. The lowest BCUT2D eigenvalue weighted by Gasteiger charge is -2.25. The van der Waals surface area contributed by atoms with Crippen molar-refractivity contribution in [3.63, 3.8) is 0 Å². The number of hydrogen-bond acceptors (Lipinski definition) is 8. The van der Waals surface area contributed by atoms with Gasteiger partial charge in [0, 0.05) is 25.8 Å². The van der Waals surface area contributed by atoms with Gasteiger partial charge in [0.2, 0.25) is 0 Å². The molecule has 0 atom stereocenters. The van der Waals surface area contributed by atoms with Crippen LogP contribution in [-0.2, 0) is 28.9 Å². The number of rotatable bonds is 9. The van der Waals surface area contributed by atoms with Crippen molar-refractivity contribution in [1.82, 2.24) is 0 Å². The monoisotopic (exact) mass is 408 g/mol. The minimum absolute atomic E-state index is 0.169. The van der Waals surface area contributed by atoms with E-state index in [2.05, 4.69) is 0 Å². The first kappa shape index (κ1) is 23.2. The average Bonchev–Trinajstić information content (AvgIpc) is 2.57. The number of carbonyl (C=O) groups is 2. The van der Waals surface area contributed by atoms with Crippen LogP contribution in [0, 0.1) is 18.3 Å². The first-order chi connectivity index (χ1) is 13.0. The zero-order valence-corrected chi connectivity index (χ0v) is 17.2. The summed E-state index contributed by atoms with van der Waals surface area (Å²) in [7, 11) is -3.60. The third-order valence-corrected chi connectivity index (χ3v) is 4.76. The Morgan fingerprint density at radius 2 is 1.68 bits per heavy atom. The Morgan fingerprint density at radius 1 is 1.14 bits per heavy atom. The summed E-state index contributed by atoms with van der Waals surface area (Å²) in [4.78, 5) is 23.5. The summed E-state index contributed by atoms with van der Waals surface area (Å²) in [6.45, 7) is 5.56. The van der Waals surface area contributed by atoms with Crippen molar-refractivity contribution in [2.24, 2.45) is 0 Å². The molecule has 1 rings (SSSR count). The molecule has 0 N–H and O–H groups in total. The van der Waals surface area contributed by atoms with Crippen molar-refractivity contribution in [2.45, 2.75) is 20.8 Å². The van der Waals surface area contributed by atoms with Gasteiger partial charge in [-0.1, -0.05) is 6.07 Å². The highest BCUT2D eigenvalue weighted by atomic mass is 32.2. The van der Waals surface area contributed by atoms with Gasteiger partial charge < -0.3 is 14.4 Å². The smallest absolute Gasteiger partial charge is 0.302 e. The van der Waals surface area contributed by atoms with Gasteiger partial charge in [-0.2, -0.15) is 5.26 Å². The number of ether oxygens (including phenoxy) is 2. The third kappa shape index (κ3) is 7.80. The molecule has 0 unspecified atom stereocenters. The molecular formula is C19H24N2O6S. The number of esters is 2. The number of nitrogens with zero attached hydrogens (tertiary/aromatic N) is 2. The molecule has 0 radical (unpaired) electrons. The molecule has 0 aliphatic heterocycles. The van der Waals surface area contributed by atoms with Gasteiger partial charge in [0.25, 0.3) is 0 Å². The predicted octanol–water partition coefficient (Wildman–Crippen LogP) is 1.84. The average molecular weight is 408 g/mol. The van der Waals surface area contributed by atoms with E-state index in [4.69, 9.17) is 14.7 Å². The Labute approximate surface area is 165 Å². The standard InChI is InChI=1S/C19H24N2O6S/c1-14-11-18(6-5-17(14)12-19(13-20)28(4,24)25)21(7-9-26-15(2)22)8-10-27-16(3)23/h5-6,11-12H,7-10H2,1-4H3. The fourth-order valence-corrected chi connectivity index (χ4v) is 2.86. The summed E-state index contributed by atoms with van der Waals surface area (Å²) >= 11 is 0. The molecule has 0 aliphatic carbocycles. The Kier molecular flexibility index (Phi) is 8.67. The molecule has 0 bridgehead atoms. The normalized spacial score (nSPS) is 11.5. The molecular weight excluding hydrogens is 384 g/mol. The lowest BCUT2D eigenvalue weighted by atomic mass is 10.1. The lowest BCUT2D eigenvalue weighted by Crippen LogP contribution is -2.32. The zero-order valence-electron chi connectivity index (χ0n) is 16.4. The van der Waals surface area contributed by atoms with Crippen LogP contribution in [0.3, 0.4) is 0 Å².